The second-order valence-electron chi connectivity index (χ2n) is 8.15. The number of rotatable bonds is 2. The van der Waals surface area contributed by atoms with Crippen LogP contribution in [-0.4, -0.2) is 35.1 Å². The van der Waals surface area contributed by atoms with Crippen LogP contribution >= 0.6 is 0 Å². The van der Waals surface area contributed by atoms with E-state index in [1.165, 1.54) is 0 Å². The zero-order valence-corrected chi connectivity index (χ0v) is 15.3. The van der Waals surface area contributed by atoms with Gasteiger partial charge in [-0.15, -0.1) is 0 Å². The van der Waals surface area contributed by atoms with Gasteiger partial charge in [-0.3, -0.25) is 4.90 Å². The average Bonchev–Trinajstić information content (AvgIpc) is 2.51. The molecule has 3 rings (SSSR count). The molecule has 0 unspecified atom stereocenters. The molecule has 0 aromatic heterocycles. The van der Waals surface area contributed by atoms with Crippen LogP contribution in [0.4, 0.5) is 0 Å². The lowest BCUT2D eigenvalue weighted by atomic mass is 9.78. The average molecular weight is 325 g/mol. The third kappa shape index (κ3) is 3.05. The molecular weight excluding hydrogens is 298 g/mol. The standard InChI is InChI=1S/C21H27NO2/c1-20(2)13-16(14-21(3,4)22(20)5)24-19(23)18-12-8-10-15-9-6-7-11-17(15)18/h6-12,16H,13-14H2,1-5H3. The molecule has 1 saturated heterocycles. The molecule has 3 nitrogen and oxygen atoms in total. The second kappa shape index (κ2) is 5.89. The van der Waals surface area contributed by atoms with Gasteiger partial charge in [0.25, 0.3) is 0 Å². The molecule has 1 heterocycles. The first-order chi connectivity index (χ1) is 11.2. The molecule has 1 aliphatic rings. The predicted molar refractivity (Wildman–Crippen MR) is 98.3 cm³/mol. The van der Waals surface area contributed by atoms with E-state index in [2.05, 4.69) is 39.6 Å². The highest BCUT2D eigenvalue weighted by Gasteiger charge is 2.44. The normalized spacial score (nSPS) is 20.9. The van der Waals surface area contributed by atoms with E-state index >= 15 is 0 Å². The number of ether oxygens (including phenoxy) is 1. The molecule has 0 N–H and O–H groups in total. The van der Waals surface area contributed by atoms with Gasteiger partial charge >= 0.3 is 5.97 Å². The first kappa shape index (κ1) is 17.0. The number of likely N-dealkylation sites (tertiary alicyclic amines) is 1. The lowest BCUT2D eigenvalue weighted by Crippen LogP contribution is -2.60. The molecule has 1 aliphatic heterocycles. The minimum atomic E-state index is -0.215. The van der Waals surface area contributed by atoms with Gasteiger partial charge in [0.2, 0.25) is 0 Å². The van der Waals surface area contributed by atoms with Gasteiger partial charge in [-0.05, 0) is 51.6 Å². The number of nitrogens with zero attached hydrogens (tertiary/aromatic N) is 1. The number of piperidine rings is 1. The van der Waals surface area contributed by atoms with Crippen molar-refractivity contribution in [3.8, 4) is 0 Å². The van der Waals surface area contributed by atoms with E-state index in [1.807, 2.05) is 42.5 Å². The molecule has 0 saturated carbocycles. The Labute approximate surface area is 144 Å². The summed E-state index contributed by atoms with van der Waals surface area (Å²) in [5, 5.41) is 2.02. The molecule has 1 fully saturated rings. The van der Waals surface area contributed by atoms with Crippen LogP contribution in [0.1, 0.15) is 50.9 Å². The van der Waals surface area contributed by atoms with Gasteiger partial charge in [-0.25, -0.2) is 4.79 Å². The molecule has 0 spiro atoms. The van der Waals surface area contributed by atoms with Crippen LogP contribution in [0.3, 0.4) is 0 Å². The fourth-order valence-electron chi connectivity index (χ4n) is 3.98. The lowest BCUT2D eigenvalue weighted by molar-refractivity contribution is -0.0731. The highest BCUT2D eigenvalue weighted by molar-refractivity contribution is 6.04. The molecule has 0 atom stereocenters. The largest absolute Gasteiger partial charge is 0.459 e. The first-order valence-electron chi connectivity index (χ1n) is 8.63. The number of fused-ring (bicyclic) bond motifs is 1. The van der Waals surface area contributed by atoms with E-state index in [9.17, 15) is 4.79 Å². The summed E-state index contributed by atoms with van der Waals surface area (Å²) in [6.45, 7) is 8.86. The number of carbonyl (C=O) groups is 1. The Balaban J connectivity index is 1.84. The Morgan fingerprint density at radius 3 is 2.25 bits per heavy atom. The molecule has 0 amide bonds. The van der Waals surface area contributed by atoms with Crippen molar-refractivity contribution in [2.24, 2.45) is 0 Å². The van der Waals surface area contributed by atoms with Gasteiger partial charge in [0, 0.05) is 23.9 Å². The summed E-state index contributed by atoms with van der Waals surface area (Å²) in [6, 6.07) is 13.7. The SMILES string of the molecule is CN1C(C)(C)CC(OC(=O)c2cccc3ccccc23)CC1(C)C. The lowest BCUT2D eigenvalue weighted by Gasteiger charge is -2.53. The van der Waals surface area contributed by atoms with Crippen molar-refractivity contribution in [1.82, 2.24) is 4.90 Å². The van der Waals surface area contributed by atoms with Crippen molar-refractivity contribution in [2.45, 2.75) is 57.7 Å². The Morgan fingerprint density at radius 1 is 1.00 bits per heavy atom. The number of hydrogen-bond acceptors (Lipinski definition) is 3. The van der Waals surface area contributed by atoms with Crippen molar-refractivity contribution < 1.29 is 9.53 Å². The van der Waals surface area contributed by atoms with Crippen molar-refractivity contribution >= 4 is 16.7 Å². The Kier molecular flexibility index (Phi) is 4.16. The first-order valence-corrected chi connectivity index (χ1v) is 8.63. The number of esters is 1. The number of hydrogen-bond donors (Lipinski definition) is 0. The Hall–Kier alpha value is -1.87. The van der Waals surface area contributed by atoms with Gasteiger partial charge in [0.15, 0.2) is 0 Å². The fourth-order valence-corrected chi connectivity index (χ4v) is 3.98. The molecule has 128 valence electrons. The minimum absolute atomic E-state index is 0.00541. The van der Waals surface area contributed by atoms with Gasteiger partial charge in [0.05, 0.1) is 5.56 Å². The van der Waals surface area contributed by atoms with Crippen LogP contribution in [0, 0.1) is 0 Å². The van der Waals surface area contributed by atoms with E-state index in [1.54, 1.807) is 0 Å². The maximum Gasteiger partial charge on any atom is 0.339 e. The third-order valence-electron chi connectivity index (χ3n) is 5.55. The summed E-state index contributed by atoms with van der Waals surface area (Å²) < 4.78 is 5.94. The quantitative estimate of drug-likeness (QED) is 0.753. The maximum atomic E-state index is 12.8. The highest BCUT2D eigenvalue weighted by atomic mass is 16.5. The summed E-state index contributed by atoms with van der Waals surface area (Å²) in [6.07, 6.45) is 1.64. The molecule has 3 heteroatoms. The molecular formula is C21H27NO2. The van der Waals surface area contributed by atoms with Gasteiger partial charge < -0.3 is 4.74 Å². The van der Waals surface area contributed by atoms with Crippen molar-refractivity contribution in [1.29, 1.82) is 0 Å². The molecule has 24 heavy (non-hydrogen) atoms. The molecule has 0 radical (unpaired) electrons. The fraction of sp³-hybridized carbons (Fsp3) is 0.476. The monoisotopic (exact) mass is 325 g/mol. The van der Waals surface area contributed by atoms with Crippen LogP contribution < -0.4 is 0 Å². The van der Waals surface area contributed by atoms with E-state index in [0.29, 0.717) is 5.56 Å². The third-order valence-corrected chi connectivity index (χ3v) is 5.55. The van der Waals surface area contributed by atoms with Gasteiger partial charge in [-0.1, -0.05) is 36.4 Å². The van der Waals surface area contributed by atoms with Crippen LogP contribution in [0.25, 0.3) is 10.8 Å². The summed E-state index contributed by atoms with van der Waals surface area (Å²) >= 11 is 0. The molecule has 0 bridgehead atoms. The number of benzene rings is 2. The minimum Gasteiger partial charge on any atom is -0.459 e. The van der Waals surface area contributed by atoms with E-state index in [-0.39, 0.29) is 23.2 Å². The Bertz CT molecular complexity index is 740. The molecule has 2 aromatic rings. The van der Waals surface area contributed by atoms with Crippen LogP contribution in [0.15, 0.2) is 42.5 Å². The topological polar surface area (TPSA) is 29.5 Å². The smallest absolute Gasteiger partial charge is 0.339 e. The zero-order valence-electron chi connectivity index (χ0n) is 15.3. The summed E-state index contributed by atoms with van der Waals surface area (Å²) in [4.78, 5) is 15.2. The van der Waals surface area contributed by atoms with Crippen molar-refractivity contribution in [2.75, 3.05) is 7.05 Å². The van der Waals surface area contributed by atoms with Crippen LogP contribution in [0.5, 0.6) is 0 Å². The zero-order chi connectivity index (χ0) is 17.5. The van der Waals surface area contributed by atoms with Gasteiger partial charge in [-0.2, -0.15) is 0 Å². The van der Waals surface area contributed by atoms with Crippen molar-refractivity contribution in [3.63, 3.8) is 0 Å². The highest BCUT2D eigenvalue weighted by Crippen LogP contribution is 2.38. The van der Waals surface area contributed by atoms with Crippen LogP contribution in [-0.2, 0) is 4.74 Å². The Morgan fingerprint density at radius 2 is 1.58 bits per heavy atom. The summed E-state index contributed by atoms with van der Waals surface area (Å²) in [7, 11) is 2.16. The molecule has 0 aliphatic carbocycles. The van der Waals surface area contributed by atoms with E-state index in [4.69, 9.17) is 4.74 Å². The van der Waals surface area contributed by atoms with Crippen molar-refractivity contribution in [3.05, 3.63) is 48.0 Å². The maximum absolute atomic E-state index is 12.8. The summed E-state index contributed by atoms with van der Waals surface area (Å²) in [5.74, 6) is -0.215. The van der Waals surface area contributed by atoms with E-state index in [0.717, 1.165) is 23.6 Å². The number of carbonyl (C=O) groups excluding carboxylic acids is 1. The van der Waals surface area contributed by atoms with Gasteiger partial charge in [0.1, 0.15) is 6.10 Å². The predicted octanol–water partition coefficient (Wildman–Crippen LogP) is 4.65. The van der Waals surface area contributed by atoms with Crippen LogP contribution in [0.2, 0.25) is 0 Å². The molecule has 2 aromatic carbocycles. The van der Waals surface area contributed by atoms with E-state index < -0.39 is 0 Å². The summed E-state index contributed by atoms with van der Waals surface area (Å²) in [5.41, 5.74) is 0.666. The second-order valence-corrected chi connectivity index (χ2v) is 8.15.